The van der Waals surface area contributed by atoms with Crippen LogP contribution in [0, 0.1) is 0 Å². The third-order valence-electron chi connectivity index (χ3n) is 4.79. The van der Waals surface area contributed by atoms with E-state index >= 15 is 0 Å². The molecule has 0 unspecified atom stereocenters. The van der Waals surface area contributed by atoms with Gasteiger partial charge >= 0.3 is 6.09 Å². The van der Waals surface area contributed by atoms with E-state index in [0.29, 0.717) is 18.1 Å². The monoisotopic (exact) mass is 517 g/mol. The first kappa shape index (κ1) is 24.5. The minimum Gasteiger partial charge on any atom is -0.450 e. The Morgan fingerprint density at radius 3 is 2.12 bits per heavy atom. The largest absolute Gasteiger partial charge is 0.450 e. The number of halogens is 4. The minimum atomic E-state index is -0.558. The molecule has 1 N–H and O–H groups in total. The Labute approximate surface area is 205 Å². The summed E-state index contributed by atoms with van der Waals surface area (Å²) in [6.07, 6.45) is -0.418. The quantitative estimate of drug-likeness (QED) is 0.582. The predicted molar refractivity (Wildman–Crippen MR) is 125 cm³/mol. The van der Waals surface area contributed by atoms with Gasteiger partial charge in [-0.3, -0.25) is 9.59 Å². The number of nitrogens with zero attached hydrogens (tertiary/aromatic N) is 2. The fourth-order valence-corrected chi connectivity index (χ4v) is 4.24. The van der Waals surface area contributed by atoms with E-state index in [9.17, 15) is 14.4 Å². The summed E-state index contributed by atoms with van der Waals surface area (Å²) in [6, 6.07) is 7.31. The van der Waals surface area contributed by atoms with Crippen molar-refractivity contribution in [2.24, 2.45) is 0 Å². The molecule has 1 heterocycles. The first-order valence-electron chi connectivity index (χ1n) is 9.67. The van der Waals surface area contributed by atoms with Crippen LogP contribution in [0.1, 0.15) is 27.6 Å². The van der Waals surface area contributed by atoms with Gasteiger partial charge in [-0.2, -0.15) is 0 Å². The van der Waals surface area contributed by atoms with Gasteiger partial charge in [-0.05, 0) is 37.3 Å². The van der Waals surface area contributed by atoms with Gasteiger partial charge in [-0.1, -0.05) is 46.4 Å². The molecule has 170 valence electrons. The molecule has 0 bridgehead atoms. The molecule has 0 radical (unpaired) electrons. The molecule has 1 aliphatic rings. The lowest BCUT2D eigenvalue weighted by molar-refractivity contribution is 0.0571. The number of piperazine rings is 1. The number of carbonyl (C=O) groups is 3. The normalized spacial score (nSPS) is 13.7. The number of carbonyl (C=O) groups excluding carboxylic acids is 3. The lowest BCUT2D eigenvalue weighted by atomic mass is 10.1. The number of anilines is 1. The molecule has 0 aliphatic carbocycles. The fraction of sp³-hybridized carbons (Fsp3) is 0.286. The van der Waals surface area contributed by atoms with Crippen LogP contribution in [0.4, 0.5) is 10.5 Å². The zero-order valence-corrected chi connectivity index (χ0v) is 20.0. The van der Waals surface area contributed by atoms with Crippen LogP contribution in [0.25, 0.3) is 0 Å². The van der Waals surface area contributed by atoms with Gasteiger partial charge in [0.15, 0.2) is 0 Å². The molecule has 1 fully saturated rings. The molecule has 7 nitrogen and oxygen atoms in total. The molecule has 0 spiro atoms. The van der Waals surface area contributed by atoms with E-state index in [-0.39, 0.29) is 57.5 Å². The Hall–Kier alpha value is -2.19. The van der Waals surface area contributed by atoms with Crippen molar-refractivity contribution in [3.63, 3.8) is 0 Å². The molecule has 32 heavy (non-hydrogen) atoms. The van der Waals surface area contributed by atoms with Crippen molar-refractivity contribution in [3.05, 3.63) is 61.5 Å². The smallest absolute Gasteiger partial charge is 0.409 e. The van der Waals surface area contributed by atoms with Crippen molar-refractivity contribution in [1.29, 1.82) is 0 Å². The Kier molecular flexibility index (Phi) is 8.11. The Morgan fingerprint density at radius 2 is 1.50 bits per heavy atom. The minimum absolute atomic E-state index is 0.101. The van der Waals surface area contributed by atoms with Crippen molar-refractivity contribution < 1.29 is 19.1 Å². The number of benzene rings is 2. The molecular weight excluding hydrogens is 500 g/mol. The van der Waals surface area contributed by atoms with E-state index in [1.807, 2.05) is 0 Å². The van der Waals surface area contributed by atoms with Crippen LogP contribution >= 0.6 is 46.4 Å². The molecular formula is C21H19Cl4N3O4. The summed E-state index contributed by atoms with van der Waals surface area (Å²) >= 11 is 24.5. The molecule has 0 aromatic heterocycles. The van der Waals surface area contributed by atoms with E-state index in [0.717, 1.165) is 0 Å². The van der Waals surface area contributed by atoms with Crippen LogP contribution in [0.3, 0.4) is 0 Å². The number of nitrogens with one attached hydrogen (secondary N) is 1. The highest BCUT2D eigenvalue weighted by Crippen LogP contribution is 2.32. The molecule has 11 heteroatoms. The first-order chi connectivity index (χ1) is 15.2. The highest BCUT2D eigenvalue weighted by molar-refractivity contribution is 6.39. The maximum Gasteiger partial charge on any atom is 0.409 e. The Balaban J connectivity index is 1.82. The van der Waals surface area contributed by atoms with Gasteiger partial charge in [0.25, 0.3) is 11.8 Å². The van der Waals surface area contributed by atoms with Crippen LogP contribution in [0.15, 0.2) is 30.3 Å². The summed E-state index contributed by atoms with van der Waals surface area (Å²) < 4.78 is 5.00. The van der Waals surface area contributed by atoms with Crippen molar-refractivity contribution in [2.45, 2.75) is 6.92 Å². The van der Waals surface area contributed by atoms with Gasteiger partial charge in [-0.15, -0.1) is 0 Å². The predicted octanol–water partition coefficient (Wildman–Crippen LogP) is 5.47. The van der Waals surface area contributed by atoms with E-state index in [2.05, 4.69) is 5.32 Å². The maximum atomic E-state index is 13.2. The van der Waals surface area contributed by atoms with Crippen LogP contribution in [0.2, 0.25) is 20.1 Å². The Bertz CT molecular complexity index is 1060. The second kappa shape index (κ2) is 10.6. The molecule has 0 saturated carbocycles. The topological polar surface area (TPSA) is 79.0 Å². The number of hydrogen-bond donors (Lipinski definition) is 1. The second-order valence-corrected chi connectivity index (χ2v) is 8.55. The van der Waals surface area contributed by atoms with Gasteiger partial charge in [0.1, 0.15) is 0 Å². The highest BCUT2D eigenvalue weighted by Gasteiger charge is 2.28. The first-order valence-corrected chi connectivity index (χ1v) is 11.2. The molecule has 2 aromatic carbocycles. The highest BCUT2D eigenvalue weighted by atomic mass is 35.5. The summed E-state index contributed by atoms with van der Waals surface area (Å²) in [7, 11) is 0. The SMILES string of the molecule is CCOC(=O)N1CCN(C(=O)c2cc(Cl)cc(Cl)c2NC(=O)c2ccc(Cl)cc2Cl)CC1. The lowest BCUT2D eigenvalue weighted by Gasteiger charge is -2.34. The van der Waals surface area contributed by atoms with Gasteiger partial charge in [0.05, 0.1) is 33.5 Å². The lowest BCUT2D eigenvalue weighted by Crippen LogP contribution is -2.50. The van der Waals surface area contributed by atoms with Gasteiger partial charge < -0.3 is 19.9 Å². The average molecular weight is 519 g/mol. The summed E-state index contributed by atoms with van der Waals surface area (Å²) in [6.45, 7) is 3.23. The standard InChI is InChI=1S/C21H19Cl4N3O4/c1-2-32-21(31)28-7-5-27(6-8-28)20(30)15-9-13(23)11-17(25)18(15)26-19(29)14-4-3-12(22)10-16(14)24/h3-4,9-11H,2,5-8H2,1H3,(H,26,29). The molecule has 3 rings (SSSR count). The van der Waals surface area contributed by atoms with Crippen molar-refractivity contribution in [3.8, 4) is 0 Å². The van der Waals surface area contributed by atoms with Crippen LogP contribution in [-0.4, -0.2) is 60.5 Å². The molecule has 3 amide bonds. The van der Waals surface area contributed by atoms with Crippen molar-refractivity contribution in [2.75, 3.05) is 38.1 Å². The second-order valence-electron chi connectivity index (χ2n) is 6.87. The number of rotatable bonds is 4. The number of ether oxygens (including phenoxy) is 1. The average Bonchev–Trinajstić information content (AvgIpc) is 2.75. The third kappa shape index (κ3) is 5.59. The Morgan fingerprint density at radius 1 is 0.875 bits per heavy atom. The van der Waals surface area contributed by atoms with Crippen LogP contribution in [0.5, 0.6) is 0 Å². The van der Waals surface area contributed by atoms with Gasteiger partial charge in [0, 0.05) is 36.2 Å². The maximum absolute atomic E-state index is 13.2. The molecule has 2 aromatic rings. The van der Waals surface area contributed by atoms with E-state index in [4.69, 9.17) is 51.1 Å². The van der Waals surface area contributed by atoms with Gasteiger partial charge in [0.2, 0.25) is 0 Å². The summed E-state index contributed by atoms with van der Waals surface area (Å²) in [5, 5.41) is 3.54. The number of hydrogen-bond acceptors (Lipinski definition) is 4. The zero-order chi connectivity index (χ0) is 23.4. The van der Waals surface area contributed by atoms with Crippen LogP contribution < -0.4 is 5.32 Å². The molecule has 0 atom stereocenters. The van der Waals surface area contributed by atoms with Crippen molar-refractivity contribution in [1.82, 2.24) is 9.80 Å². The zero-order valence-electron chi connectivity index (χ0n) is 17.0. The molecule has 1 aliphatic heterocycles. The number of amides is 3. The van der Waals surface area contributed by atoms with E-state index in [1.165, 1.54) is 35.2 Å². The summed E-state index contributed by atoms with van der Waals surface area (Å²) in [4.78, 5) is 41.0. The van der Waals surface area contributed by atoms with Gasteiger partial charge in [-0.25, -0.2) is 4.79 Å². The van der Waals surface area contributed by atoms with Crippen LogP contribution in [-0.2, 0) is 4.74 Å². The summed E-state index contributed by atoms with van der Waals surface area (Å²) in [5.74, 6) is -0.938. The van der Waals surface area contributed by atoms with E-state index in [1.54, 1.807) is 11.8 Å². The van der Waals surface area contributed by atoms with E-state index < -0.39 is 12.0 Å². The fourth-order valence-electron chi connectivity index (χ4n) is 3.20. The third-order valence-corrected chi connectivity index (χ3v) is 5.86. The molecule has 1 saturated heterocycles. The summed E-state index contributed by atoms with van der Waals surface area (Å²) in [5.41, 5.74) is 0.416. The van der Waals surface area contributed by atoms with Crippen molar-refractivity contribution >= 4 is 70.0 Å².